The molecular formula is C11H17NOS. The first-order valence-electron chi connectivity index (χ1n) is 4.83. The molecule has 0 fully saturated rings. The number of hydrogen-bond acceptors (Lipinski definition) is 3. The Kier molecular flexibility index (Phi) is 6.49. The number of thioether (sulfide) groups is 1. The monoisotopic (exact) mass is 211 g/mol. The minimum Gasteiger partial charge on any atom is -0.376 e. The molecule has 0 heterocycles. The minimum absolute atomic E-state index is 0.712. The Hall–Kier alpha value is -0.510. The number of ether oxygens (including phenoxy) is 1. The van der Waals surface area contributed by atoms with Gasteiger partial charge in [-0.25, -0.2) is 0 Å². The first kappa shape index (κ1) is 11.6. The second-order valence-corrected chi connectivity index (χ2v) is 4.16. The Morgan fingerprint density at radius 3 is 2.64 bits per heavy atom. The second kappa shape index (κ2) is 7.85. The van der Waals surface area contributed by atoms with Gasteiger partial charge < -0.3 is 10.5 Å². The lowest BCUT2D eigenvalue weighted by Gasteiger charge is -2.03. The summed E-state index contributed by atoms with van der Waals surface area (Å²) in [6.45, 7) is 2.27. The van der Waals surface area contributed by atoms with Gasteiger partial charge in [0.05, 0.1) is 13.2 Å². The van der Waals surface area contributed by atoms with Crippen molar-refractivity contribution in [3.05, 3.63) is 35.9 Å². The van der Waals surface area contributed by atoms with Crippen molar-refractivity contribution in [2.24, 2.45) is 5.73 Å². The summed E-state index contributed by atoms with van der Waals surface area (Å²) in [7, 11) is 0. The normalized spacial score (nSPS) is 10.4. The van der Waals surface area contributed by atoms with Crippen molar-refractivity contribution in [3.63, 3.8) is 0 Å². The number of rotatable bonds is 7. The van der Waals surface area contributed by atoms with E-state index in [2.05, 4.69) is 12.1 Å². The molecule has 1 aromatic carbocycles. The molecule has 0 radical (unpaired) electrons. The molecular weight excluding hydrogens is 194 g/mol. The van der Waals surface area contributed by atoms with E-state index in [4.69, 9.17) is 10.5 Å². The summed E-state index contributed by atoms with van der Waals surface area (Å²) in [5.41, 5.74) is 6.61. The van der Waals surface area contributed by atoms with Crippen molar-refractivity contribution < 1.29 is 4.74 Å². The van der Waals surface area contributed by atoms with Crippen LogP contribution < -0.4 is 5.73 Å². The highest BCUT2D eigenvalue weighted by Crippen LogP contribution is 2.02. The number of benzene rings is 1. The lowest BCUT2D eigenvalue weighted by molar-refractivity contribution is 0.136. The fraction of sp³-hybridized carbons (Fsp3) is 0.455. The number of hydrogen-bond donors (Lipinski definition) is 1. The van der Waals surface area contributed by atoms with Crippen LogP contribution in [-0.2, 0) is 11.3 Å². The largest absolute Gasteiger partial charge is 0.376 e. The van der Waals surface area contributed by atoms with Crippen LogP contribution in [0.25, 0.3) is 0 Å². The molecule has 0 saturated heterocycles. The van der Waals surface area contributed by atoms with E-state index in [-0.39, 0.29) is 0 Å². The van der Waals surface area contributed by atoms with Gasteiger partial charge in [-0.15, -0.1) is 0 Å². The topological polar surface area (TPSA) is 35.2 Å². The predicted octanol–water partition coefficient (Wildman–Crippen LogP) is 1.90. The van der Waals surface area contributed by atoms with E-state index in [0.29, 0.717) is 6.61 Å². The van der Waals surface area contributed by atoms with Gasteiger partial charge in [-0.05, 0) is 5.56 Å². The SMILES string of the molecule is NCCSCCOCc1ccccc1. The fourth-order valence-electron chi connectivity index (χ4n) is 1.07. The van der Waals surface area contributed by atoms with Crippen molar-refractivity contribution >= 4 is 11.8 Å². The van der Waals surface area contributed by atoms with Gasteiger partial charge in [-0.2, -0.15) is 11.8 Å². The van der Waals surface area contributed by atoms with Crippen LogP contribution in [-0.4, -0.2) is 24.7 Å². The third-order valence-corrected chi connectivity index (χ3v) is 2.73. The third-order valence-electron chi connectivity index (χ3n) is 1.75. The first-order valence-corrected chi connectivity index (χ1v) is 5.98. The van der Waals surface area contributed by atoms with E-state index in [0.717, 1.165) is 24.7 Å². The molecule has 0 amide bonds. The van der Waals surface area contributed by atoms with Crippen LogP contribution >= 0.6 is 11.8 Å². The zero-order valence-corrected chi connectivity index (χ0v) is 9.13. The minimum atomic E-state index is 0.712. The van der Waals surface area contributed by atoms with Gasteiger partial charge >= 0.3 is 0 Å². The zero-order chi connectivity index (χ0) is 10.1. The van der Waals surface area contributed by atoms with Gasteiger partial charge in [0.15, 0.2) is 0 Å². The highest BCUT2D eigenvalue weighted by molar-refractivity contribution is 7.99. The van der Waals surface area contributed by atoms with Crippen LogP contribution in [0.15, 0.2) is 30.3 Å². The molecule has 0 saturated carbocycles. The van der Waals surface area contributed by atoms with E-state index in [1.165, 1.54) is 5.56 Å². The summed E-state index contributed by atoms with van der Waals surface area (Å²) in [5.74, 6) is 2.05. The van der Waals surface area contributed by atoms with Gasteiger partial charge in [0.2, 0.25) is 0 Å². The van der Waals surface area contributed by atoms with E-state index in [1.54, 1.807) is 0 Å². The third kappa shape index (κ3) is 5.27. The van der Waals surface area contributed by atoms with Crippen LogP contribution in [0.2, 0.25) is 0 Å². The smallest absolute Gasteiger partial charge is 0.0717 e. The second-order valence-electron chi connectivity index (χ2n) is 2.94. The summed E-state index contributed by atoms with van der Waals surface area (Å²) >= 11 is 1.84. The van der Waals surface area contributed by atoms with Crippen molar-refractivity contribution in [2.75, 3.05) is 24.7 Å². The Labute approximate surface area is 89.8 Å². The maximum absolute atomic E-state index is 5.50. The maximum Gasteiger partial charge on any atom is 0.0717 e. The average molecular weight is 211 g/mol. The summed E-state index contributed by atoms with van der Waals surface area (Å²) < 4.78 is 5.50. The molecule has 0 bridgehead atoms. The lowest BCUT2D eigenvalue weighted by Crippen LogP contribution is -2.04. The van der Waals surface area contributed by atoms with Crippen LogP contribution in [0.3, 0.4) is 0 Å². The molecule has 0 aliphatic carbocycles. The van der Waals surface area contributed by atoms with Crippen LogP contribution in [0, 0.1) is 0 Å². The summed E-state index contributed by atoms with van der Waals surface area (Å²) in [6, 6.07) is 10.2. The predicted molar refractivity (Wildman–Crippen MR) is 62.5 cm³/mol. The van der Waals surface area contributed by atoms with Crippen molar-refractivity contribution in [1.82, 2.24) is 0 Å². The highest BCUT2D eigenvalue weighted by atomic mass is 32.2. The molecule has 1 aromatic rings. The van der Waals surface area contributed by atoms with Crippen molar-refractivity contribution in [3.8, 4) is 0 Å². The zero-order valence-electron chi connectivity index (χ0n) is 8.32. The first-order chi connectivity index (χ1) is 6.93. The van der Waals surface area contributed by atoms with E-state index >= 15 is 0 Å². The summed E-state index contributed by atoms with van der Waals surface area (Å²) in [5, 5.41) is 0. The van der Waals surface area contributed by atoms with Gasteiger partial charge in [0.1, 0.15) is 0 Å². The Balaban J connectivity index is 1.99. The van der Waals surface area contributed by atoms with E-state index < -0.39 is 0 Å². The molecule has 0 aromatic heterocycles. The Bertz CT molecular complexity index is 228. The maximum atomic E-state index is 5.50. The molecule has 3 heteroatoms. The molecule has 0 aliphatic rings. The van der Waals surface area contributed by atoms with Crippen LogP contribution in [0.1, 0.15) is 5.56 Å². The standard InChI is InChI=1S/C11H17NOS/c12-6-8-14-9-7-13-10-11-4-2-1-3-5-11/h1-5H,6-10,12H2. The van der Waals surface area contributed by atoms with Crippen LogP contribution in [0.4, 0.5) is 0 Å². The quantitative estimate of drug-likeness (QED) is 0.700. The van der Waals surface area contributed by atoms with Crippen LogP contribution in [0.5, 0.6) is 0 Å². The molecule has 14 heavy (non-hydrogen) atoms. The van der Waals surface area contributed by atoms with Gasteiger partial charge in [0.25, 0.3) is 0 Å². The average Bonchev–Trinajstić information content (AvgIpc) is 2.25. The summed E-state index contributed by atoms with van der Waals surface area (Å²) in [6.07, 6.45) is 0. The molecule has 0 unspecified atom stereocenters. The molecule has 78 valence electrons. The van der Waals surface area contributed by atoms with Crippen molar-refractivity contribution in [1.29, 1.82) is 0 Å². The van der Waals surface area contributed by atoms with E-state index in [1.807, 2.05) is 30.0 Å². The van der Waals surface area contributed by atoms with Crippen molar-refractivity contribution in [2.45, 2.75) is 6.61 Å². The molecule has 1 rings (SSSR count). The molecule has 0 atom stereocenters. The van der Waals surface area contributed by atoms with E-state index in [9.17, 15) is 0 Å². The highest BCUT2D eigenvalue weighted by Gasteiger charge is 1.91. The van der Waals surface area contributed by atoms with Gasteiger partial charge in [-0.1, -0.05) is 30.3 Å². The molecule has 2 nitrogen and oxygen atoms in total. The molecule has 0 aliphatic heterocycles. The Morgan fingerprint density at radius 2 is 1.93 bits per heavy atom. The Morgan fingerprint density at radius 1 is 1.14 bits per heavy atom. The van der Waals surface area contributed by atoms with Gasteiger partial charge in [-0.3, -0.25) is 0 Å². The molecule has 2 N–H and O–H groups in total. The number of nitrogens with two attached hydrogens (primary N) is 1. The summed E-state index contributed by atoms with van der Waals surface area (Å²) in [4.78, 5) is 0. The van der Waals surface area contributed by atoms with Gasteiger partial charge in [0, 0.05) is 18.1 Å². The fourth-order valence-corrected chi connectivity index (χ4v) is 1.67. The molecule has 0 spiro atoms. The lowest BCUT2D eigenvalue weighted by atomic mass is 10.2.